The second-order valence-electron chi connectivity index (χ2n) is 6.15. The number of primary amides is 1. The lowest BCUT2D eigenvalue weighted by atomic mass is 10.1. The van der Waals surface area contributed by atoms with Gasteiger partial charge in [-0.05, 0) is 48.5 Å². The molecule has 27 heavy (non-hydrogen) atoms. The number of halogens is 1. The summed E-state index contributed by atoms with van der Waals surface area (Å²) in [5, 5.41) is 2.59. The molecule has 1 aliphatic heterocycles. The molecule has 0 radical (unpaired) electrons. The number of ether oxygens (including phenoxy) is 1. The van der Waals surface area contributed by atoms with Crippen LogP contribution in [0.2, 0.25) is 0 Å². The first-order valence-corrected chi connectivity index (χ1v) is 8.30. The van der Waals surface area contributed by atoms with E-state index in [0.717, 1.165) is 0 Å². The van der Waals surface area contributed by atoms with Crippen LogP contribution in [0.25, 0.3) is 0 Å². The average molecular weight is 371 g/mol. The number of carbonyl (C=O) groups excluding carboxylic acids is 3. The first kappa shape index (κ1) is 18.4. The number of anilines is 2. The lowest BCUT2D eigenvalue weighted by Gasteiger charge is -2.16. The Morgan fingerprint density at radius 2 is 1.81 bits per heavy atom. The molecule has 1 heterocycles. The van der Waals surface area contributed by atoms with Gasteiger partial charge in [0.25, 0.3) is 5.91 Å². The summed E-state index contributed by atoms with van der Waals surface area (Å²) in [6.07, 6.45) is 0.108. The number of amides is 3. The Morgan fingerprint density at radius 3 is 2.41 bits per heavy atom. The number of nitrogens with zero attached hydrogens (tertiary/aromatic N) is 1. The Labute approximate surface area is 154 Å². The average Bonchev–Trinajstić information content (AvgIpc) is 3.04. The van der Waals surface area contributed by atoms with Gasteiger partial charge in [-0.15, -0.1) is 0 Å². The van der Waals surface area contributed by atoms with Crippen LogP contribution in [0.5, 0.6) is 5.75 Å². The SMILES string of the molecule is NC(=O)[C@H]1CC(=O)N(c2ccc(OCC(=O)Nc3ccc(F)cc3)cc2)C1. The van der Waals surface area contributed by atoms with Crippen molar-refractivity contribution in [2.24, 2.45) is 11.7 Å². The highest BCUT2D eigenvalue weighted by atomic mass is 19.1. The molecule has 0 unspecified atom stereocenters. The van der Waals surface area contributed by atoms with Crippen LogP contribution in [-0.2, 0) is 14.4 Å². The summed E-state index contributed by atoms with van der Waals surface area (Å²) < 4.78 is 18.2. The van der Waals surface area contributed by atoms with E-state index >= 15 is 0 Å². The predicted octanol–water partition coefficient (Wildman–Crippen LogP) is 1.68. The van der Waals surface area contributed by atoms with Gasteiger partial charge < -0.3 is 20.7 Å². The minimum atomic E-state index is -0.488. The highest BCUT2D eigenvalue weighted by molar-refractivity contribution is 6.00. The maximum absolute atomic E-state index is 12.8. The summed E-state index contributed by atoms with van der Waals surface area (Å²) in [6.45, 7) is 0.0392. The van der Waals surface area contributed by atoms with Crippen LogP contribution >= 0.6 is 0 Å². The molecule has 1 aliphatic rings. The number of rotatable bonds is 6. The molecule has 1 saturated heterocycles. The molecule has 1 fully saturated rings. The number of carbonyl (C=O) groups is 3. The highest BCUT2D eigenvalue weighted by Gasteiger charge is 2.33. The molecular weight excluding hydrogens is 353 g/mol. The van der Waals surface area contributed by atoms with Crippen molar-refractivity contribution in [3.8, 4) is 5.75 Å². The second kappa shape index (κ2) is 7.86. The van der Waals surface area contributed by atoms with E-state index in [2.05, 4.69) is 5.32 Å². The van der Waals surface area contributed by atoms with Gasteiger partial charge in [0, 0.05) is 24.3 Å². The van der Waals surface area contributed by atoms with Crippen molar-refractivity contribution in [1.82, 2.24) is 0 Å². The third-order valence-electron chi connectivity index (χ3n) is 4.17. The number of nitrogens with two attached hydrogens (primary N) is 1. The van der Waals surface area contributed by atoms with Gasteiger partial charge in [0.1, 0.15) is 11.6 Å². The van der Waals surface area contributed by atoms with Crippen molar-refractivity contribution in [2.45, 2.75) is 6.42 Å². The molecule has 3 N–H and O–H groups in total. The zero-order chi connectivity index (χ0) is 19.4. The van der Waals surface area contributed by atoms with Crippen molar-refractivity contribution in [3.63, 3.8) is 0 Å². The van der Waals surface area contributed by atoms with E-state index in [4.69, 9.17) is 10.5 Å². The minimum Gasteiger partial charge on any atom is -0.484 e. The van der Waals surface area contributed by atoms with Gasteiger partial charge in [-0.1, -0.05) is 0 Å². The Morgan fingerprint density at radius 1 is 1.15 bits per heavy atom. The lowest BCUT2D eigenvalue weighted by Crippen LogP contribution is -2.28. The number of hydrogen-bond donors (Lipinski definition) is 2. The van der Waals surface area contributed by atoms with Gasteiger partial charge in [0.15, 0.2) is 6.61 Å². The second-order valence-corrected chi connectivity index (χ2v) is 6.15. The van der Waals surface area contributed by atoms with Crippen LogP contribution in [0.4, 0.5) is 15.8 Å². The molecule has 3 amide bonds. The number of nitrogens with one attached hydrogen (secondary N) is 1. The third kappa shape index (κ3) is 4.60. The minimum absolute atomic E-state index is 0.108. The summed E-state index contributed by atoms with van der Waals surface area (Å²) in [7, 11) is 0. The fourth-order valence-corrected chi connectivity index (χ4v) is 2.75. The Kier molecular flexibility index (Phi) is 5.35. The molecule has 0 aromatic heterocycles. The van der Waals surface area contributed by atoms with Gasteiger partial charge >= 0.3 is 0 Å². The first-order chi connectivity index (χ1) is 12.9. The van der Waals surface area contributed by atoms with Crippen molar-refractivity contribution < 1.29 is 23.5 Å². The third-order valence-corrected chi connectivity index (χ3v) is 4.17. The van der Waals surface area contributed by atoms with E-state index in [1.165, 1.54) is 29.2 Å². The molecule has 0 aliphatic carbocycles. The van der Waals surface area contributed by atoms with E-state index in [-0.39, 0.29) is 37.2 Å². The highest BCUT2D eigenvalue weighted by Crippen LogP contribution is 2.26. The van der Waals surface area contributed by atoms with Crippen molar-refractivity contribution in [2.75, 3.05) is 23.4 Å². The van der Waals surface area contributed by atoms with Crippen LogP contribution in [0.15, 0.2) is 48.5 Å². The zero-order valence-electron chi connectivity index (χ0n) is 14.4. The van der Waals surface area contributed by atoms with Crippen LogP contribution in [0.1, 0.15) is 6.42 Å². The van der Waals surface area contributed by atoms with E-state index in [0.29, 0.717) is 17.1 Å². The quantitative estimate of drug-likeness (QED) is 0.807. The normalized spacial score (nSPS) is 16.3. The molecule has 0 saturated carbocycles. The van der Waals surface area contributed by atoms with Crippen molar-refractivity contribution >= 4 is 29.1 Å². The van der Waals surface area contributed by atoms with Crippen molar-refractivity contribution in [1.29, 1.82) is 0 Å². The van der Waals surface area contributed by atoms with E-state index in [1.54, 1.807) is 24.3 Å². The van der Waals surface area contributed by atoms with Gasteiger partial charge in [0.05, 0.1) is 5.92 Å². The summed E-state index contributed by atoms with van der Waals surface area (Å²) in [6, 6.07) is 12.0. The van der Waals surface area contributed by atoms with E-state index in [1.807, 2.05) is 0 Å². The Bertz CT molecular complexity index is 852. The van der Waals surface area contributed by atoms with Crippen LogP contribution < -0.4 is 20.7 Å². The Balaban J connectivity index is 1.53. The number of hydrogen-bond acceptors (Lipinski definition) is 4. The molecule has 7 nitrogen and oxygen atoms in total. The van der Waals surface area contributed by atoms with E-state index < -0.39 is 11.8 Å². The molecule has 2 aromatic rings. The molecule has 3 rings (SSSR count). The van der Waals surface area contributed by atoms with Gasteiger partial charge in [0.2, 0.25) is 11.8 Å². The molecule has 1 atom stereocenters. The Hall–Kier alpha value is -3.42. The maximum Gasteiger partial charge on any atom is 0.262 e. The molecule has 0 spiro atoms. The molecule has 8 heteroatoms. The van der Waals surface area contributed by atoms with Crippen LogP contribution in [0.3, 0.4) is 0 Å². The van der Waals surface area contributed by atoms with Gasteiger partial charge in [-0.3, -0.25) is 14.4 Å². The summed E-state index contributed by atoms with van der Waals surface area (Å²) in [5.41, 5.74) is 6.36. The van der Waals surface area contributed by atoms with Gasteiger partial charge in [-0.25, -0.2) is 4.39 Å². The van der Waals surface area contributed by atoms with E-state index in [9.17, 15) is 18.8 Å². The standard InChI is InChI=1S/C19H18FN3O4/c20-13-1-3-14(4-2-13)22-17(24)11-27-16-7-5-15(6-8-16)23-10-12(19(21)26)9-18(23)25/h1-8,12H,9-11H2,(H2,21,26)(H,22,24)/t12-/m0/s1. The fraction of sp³-hybridized carbons (Fsp3) is 0.211. The molecule has 140 valence electrons. The lowest BCUT2D eigenvalue weighted by molar-refractivity contribution is -0.123. The zero-order valence-corrected chi connectivity index (χ0v) is 14.4. The first-order valence-electron chi connectivity index (χ1n) is 8.30. The topological polar surface area (TPSA) is 102 Å². The largest absolute Gasteiger partial charge is 0.484 e. The predicted molar refractivity (Wildman–Crippen MR) is 96.6 cm³/mol. The number of benzene rings is 2. The molecule has 0 bridgehead atoms. The monoisotopic (exact) mass is 371 g/mol. The van der Waals surface area contributed by atoms with Crippen LogP contribution in [0, 0.1) is 11.7 Å². The van der Waals surface area contributed by atoms with Gasteiger partial charge in [-0.2, -0.15) is 0 Å². The summed E-state index contributed by atoms with van der Waals surface area (Å²) in [4.78, 5) is 36.6. The molecule has 2 aromatic carbocycles. The summed E-state index contributed by atoms with van der Waals surface area (Å²) in [5.74, 6) is -1.45. The maximum atomic E-state index is 12.8. The molecular formula is C19H18FN3O4. The summed E-state index contributed by atoms with van der Waals surface area (Å²) >= 11 is 0. The fourth-order valence-electron chi connectivity index (χ4n) is 2.75. The van der Waals surface area contributed by atoms with Crippen LogP contribution in [-0.4, -0.2) is 30.9 Å². The van der Waals surface area contributed by atoms with Crippen molar-refractivity contribution in [3.05, 3.63) is 54.3 Å². The smallest absolute Gasteiger partial charge is 0.262 e.